The Labute approximate surface area is 165 Å². The SMILES string of the molecule is FC(F)(F)c1ccc(-c2cc(-c3ccc(NCc4cccnc4)cc3)no2)cc1. The number of hydrogen-bond donors (Lipinski definition) is 1. The van der Waals surface area contributed by atoms with Crippen molar-refractivity contribution >= 4 is 5.69 Å². The van der Waals surface area contributed by atoms with E-state index in [1.165, 1.54) is 12.1 Å². The Kier molecular flexibility index (Phi) is 5.03. The lowest BCUT2D eigenvalue weighted by atomic mass is 10.1. The van der Waals surface area contributed by atoms with Crippen LogP contribution in [-0.4, -0.2) is 10.1 Å². The van der Waals surface area contributed by atoms with Gasteiger partial charge < -0.3 is 9.84 Å². The highest BCUT2D eigenvalue weighted by Gasteiger charge is 2.30. The Morgan fingerprint density at radius 3 is 2.28 bits per heavy atom. The molecule has 0 unspecified atom stereocenters. The molecular formula is C22H16F3N3O. The van der Waals surface area contributed by atoms with Crippen molar-refractivity contribution in [2.75, 3.05) is 5.32 Å². The minimum Gasteiger partial charge on any atom is -0.381 e. The molecule has 1 N–H and O–H groups in total. The minimum absolute atomic E-state index is 0.410. The van der Waals surface area contributed by atoms with Crippen LogP contribution in [0.4, 0.5) is 18.9 Å². The van der Waals surface area contributed by atoms with Gasteiger partial charge in [-0.1, -0.05) is 35.5 Å². The van der Waals surface area contributed by atoms with E-state index in [-0.39, 0.29) is 0 Å². The summed E-state index contributed by atoms with van der Waals surface area (Å²) in [6.45, 7) is 0.662. The Balaban J connectivity index is 1.45. The van der Waals surface area contributed by atoms with Crippen molar-refractivity contribution in [3.8, 4) is 22.6 Å². The summed E-state index contributed by atoms with van der Waals surface area (Å²) in [5.41, 5.74) is 3.32. The number of alkyl halides is 3. The van der Waals surface area contributed by atoms with Crippen molar-refractivity contribution in [3.63, 3.8) is 0 Å². The summed E-state index contributed by atoms with van der Waals surface area (Å²) in [6, 6.07) is 18.1. The highest BCUT2D eigenvalue weighted by atomic mass is 19.4. The van der Waals surface area contributed by atoms with Gasteiger partial charge in [0.15, 0.2) is 5.76 Å². The maximum absolute atomic E-state index is 12.7. The molecule has 0 fully saturated rings. The van der Waals surface area contributed by atoms with E-state index in [2.05, 4.69) is 15.5 Å². The Morgan fingerprint density at radius 1 is 0.897 bits per heavy atom. The highest BCUT2D eigenvalue weighted by molar-refractivity contribution is 5.68. The summed E-state index contributed by atoms with van der Waals surface area (Å²) in [5, 5.41) is 7.34. The monoisotopic (exact) mass is 395 g/mol. The fourth-order valence-electron chi connectivity index (χ4n) is 2.84. The Morgan fingerprint density at radius 2 is 1.62 bits per heavy atom. The standard InChI is InChI=1S/C22H16F3N3O/c23-22(24,25)18-7-3-17(4-8-18)21-12-20(28-29-21)16-5-9-19(10-6-16)27-14-15-2-1-11-26-13-15/h1-13,27H,14H2. The molecule has 0 radical (unpaired) electrons. The largest absolute Gasteiger partial charge is 0.416 e. The van der Waals surface area contributed by atoms with Crippen molar-refractivity contribution in [2.24, 2.45) is 0 Å². The summed E-state index contributed by atoms with van der Waals surface area (Å²) < 4.78 is 43.4. The van der Waals surface area contributed by atoms with Gasteiger partial charge in [-0.15, -0.1) is 0 Å². The third-order valence-corrected chi connectivity index (χ3v) is 4.41. The Bertz CT molecular complexity index is 1070. The van der Waals surface area contributed by atoms with Crippen LogP contribution in [0.25, 0.3) is 22.6 Å². The lowest BCUT2D eigenvalue weighted by Gasteiger charge is -2.06. The molecule has 0 aliphatic carbocycles. The van der Waals surface area contributed by atoms with Crippen LogP contribution in [0.3, 0.4) is 0 Å². The van der Waals surface area contributed by atoms with Crippen LogP contribution >= 0.6 is 0 Å². The molecule has 2 heterocycles. The number of rotatable bonds is 5. The van der Waals surface area contributed by atoms with Gasteiger partial charge in [-0.2, -0.15) is 13.2 Å². The summed E-state index contributed by atoms with van der Waals surface area (Å²) >= 11 is 0. The summed E-state index contributed by atoms with van der Waals surface area (Å²) in [7, 11) is 0. The molecule has 4 aromatic rings. The molecule has 2 aromatic heterocycles. The molecule has 0 aliphatic heterocycles. The number of benzene rings is 2. The average molecular weight is 395 g/mol. The first-order valence-electron chi connectivity index (χ1n) is 8.86. The lowest BCUT2D eigenvalue weighted by molar-refractivity contribution is -0.137. The van der Waals surface area contributed by atoms with E-state index in [4.69, 9.17) is 4.52 Å². The zero-order valence-corrected chi connectivity index (χ0v) is 15.1. The first-order chi connectivity index (χ1) is 14.0. The minimum atomic E-state index is -4.36. The van der Waals surface area contributed by atoms with Crippen molar-refractivity contribution in [3.05, 3.63) is 90.3 Å². The van der Waals surface area contributed by atoms with Crippen molar-refractivity contribution in [1.29, 1.82) is 0 Å². The van der Waals surface area contributed by atoms with E-state index in [9.17, 15) is 13.2 Å². The molecule has 0 bridgehead atoms. The highest BCUT2D eigenvalue weighted by Crippen LogP contribution is 2.32. The number of aromatic nitrogens is 2. The fourth-order valence-corrected chi connectivity index (χ4v) is 2.84. The molecule has 0 atom stereocenters. The molecule has 0 aliphatic rings. The molecule has 4 nitrogen and oxygen atoms in total. The van der Waals surface area contributed by atoms with Gasteiger partial charge in [0.25, 0.3) is 0 Å². The summed E-state index contributed by atoms with van der Waals surface area (Å²) in [4.78, 5) is 4.08. The van der Waals surface area contributed by atoms with E-state index in [0.717, 1.165) is 28.9 Å². The van der Waals surface area contributed by atoms with Crippen molar-refractivity contribution in [2.45, 2.75) is 12.7 Å². The topological polar surface area (TPSA) is 51.0 Å². The maximum Gasteiger partial charge on any atom is 0.416 e. The number of pyridine rings is 1. The van der Waals surface area contributed by atoms with Gasteiger partial charge in [0, 0.05) is 41.8 Å². The van der Waals surface area contributed by atoms with Gasteiger partial charge in [0.1, 0.15) is 5.69 Å². The Hall–Kier alpha value is -3.61. The number of hydrogen-bond acceptors (Lipinski definition) is 4. The zero-order valence-electron chi connectivity index (χ0n) is 15.1. The van der Waals surface area contributed by atoms with Crippen LogP contribution in [0.5, 0.6) is 0 Å². The van der Waals surface area contributed by atoms with Crippen LogP contribution < -0.4 is 5.32 Å². The van der Waals surface area contributed by atoms with E-state index in [1.54, 1.807) is 18.5 Å². The number of nitrogens with one attached hydrogen (secondary N) is 1. The van der Waals surface area contributed by atoms with Crippen molar-refractivity contribution < 1.29 is 17.7 Å². The predicted molar refractivity (Wildman–Crippen MR) is 104 cm³/mol. The second-order valence-electron chi connectivity index (χ2n) is 6.44. The van der Waals surface area contributed by atoms with E-state index >= 15 is 0 Å². The molecule has 0 saturated carbocycles. The second-order valence-corrected chi connectivity index (χ2v) is 6.44. The lowest BCUT2D eigenvalue weighted by Crippen LogP contribution is -2.03. The van der Waals surface area contributed by atoms with E-state index < -0.39 is 11.7 Å². The summed E-state index contributed by atoms with van der Waals surface area (Å²) in [6.07, 6.45) is -0.827. The maximum atomic E-state index is 12.7. The molecule has 4 rings (SSSR count). The average Bonchev–Trinajstić information content (AvgIpc) is 3.23. The normalized spacial score (nSPS) is 11.4. The number of halogens is 3. The number of nitrogens with zero attached hydrogens (tertiary/aromatic N) is 2. The van der Waals surface area contributed by atoms with Crippen molar-refractivity contribution in [1.82, 2.24) is 10.1 Å². The third kappa shape index (κ3) is 4.45. The molecule has 0 amide bonds. The quantitative estimate of drug-likeness (QED) is 0.448. The molecule has 0 spiro atoms. The first-order valence-corrected chi connectivity index (χ1v) is 8.86. The molecular weight excluding hydrogens is 379 g/mol. The molecule has 2 aromatic carbocycles. The van der Waals surface area contributed by atoms with Gasteiger partial charge in [-0.05, 0) is 35.9 Å². The van der Waals surface area contributed by atoms with E-state index in [0.29, 0.717) is 23.6 Å². The van der Waals surface area contributed by atoms with Crippen LogP contribution in [0.2, 0.25) is 0 Å². The smallest absolute Gasteiger partial charge is 0.381 e. The zero-order chi connectivity index (χ0) is 20.3. The van der Waals surface area contributed by atoms with Crippen LogP contribution in [0, 0.1) is 0 Å². The van der Waals surface area contributed by atoms with Crippen LogP contribution in [-0.2, 0) is 12.7 Å². The van der Waals surface area contributed by atoms with Gasteiger partial charge in [-0.3, -0.25) is 4.98 Å². The summed E-state index contributed by atoms with van der Waals surface area (Å²) in [5.74, 6) is 0.410. The van der Waals surface area contributed by atoms with Gasteiger partial charge in [-0.25, -0.2) is 0 Å². The molecule has 7 heteroatoms. The number of anilines is 1. The molecule has 29 heavy (non-hydrogen) atoms. The van der Waals surface area contributed by atoms with Crippen LogP contribution in [0.15, 0.2) is 83.6 Å². The van der Waals surface area contributed by atoms with Gasteiger partial charge in [0.2, 0.25) is 0 Å². The molecule has 146 valence electrons. The fraction of sp³-hybridized carbons (Fsp3) is 0.0909. The predicted octanol–water partition coefficient (Wildman–Crippen LogP) is 6.03. The molecule has 0 saturated heterocycles. The third-order valence-electron chi connectivity index (χ3n) is 4.41. The van der Waals surface area contributed by atoms with E-state index in [1.807, 2.05) is 36.4 Å². The van der Waals surface area contributed by atoms with Crippen LogP contribution in [0.1, 0.15) is 11.1 Å². The first kappa shape index (κ1) is 18.7. The second kappa shape index (κ2) is 7.79. The van der Waals surface area contributed by atoms with Gasteiger partial charge >= 0.3 is 6.18 Å². The van der Waals surface area contributed by atoms with Gasteiger partial charge in [0.05, 0.1) is 5.56 Å².